The van der Waals surface area contributed by atoms with Gasteiger partial charge < -0.3 is 5.32 Å². The average Bonchev–Trinajstić information content (AvgIpc) is 2.71. The third kappa shape index (κ3) is 6.30. The molecule has 0 fully saturated rings. The summed E-state index contributed by atoms with van der Waals surface area (Å²) in [7, 11) is 0. The van der Waals surface area contributed by atoms with Gasteiger partial charge in [0.1, 0.15) is 5.82 Å². The Hall–Kier alpha value is -1.92. The molecule has 0 aliphatic rings. The number of rotatable bonds is 6. The Morgan fingerprint density at radius 1 is 0.935 bits per heavy atom. The number of allylic oxidation sites excluding steroid dienone is 2. The van der Waals surface area contributed by atoms with Crippen LogP contribution in [-0.2, 0) is 13.0 Å². The van der Waals surface area contributed by atoms with Crippen molar-refractivity contribution in [3.05, 3.63) is 97.6 Å². The molecule has 1 N–H and O–H groups in total. The number of hydrogen-bond donors (Lipinski definition) is 1. The van der Waals surface area contributed by atoms with Crippen LogP contribution in [0.15, 0.2) is 60.8 Å². The van der Waals surface area contributed by atoms with Gasteiger partial charge in [0.15, 0.2) is 0 Å². The Morgan fingerprint density at radius 2 is 1.65 bits per heavy atom. The molecule has 1 aromatic heterocycles. The predicted octanol–water partition coefficient (Wildman–Crippen LogP) is 8.50. The zero-order valence-electron chi connectivity index (χ0n) is 15.8. The molecule has 0 bridgehead atoms. The molecule has 0 atom stereocenters. The second-order valence-electron chi connectivity index (χ2n) is 6.57. The minimum Gasteiger partial charge on any atom is -0.366 e. The van der Waals surface area contributed by atoms with E-state index in [1.165, 1.54) is 0 Å². The van der Waals surface area contributed by atoms with E-state index >= 15 is 0 Å². The summed E-state index contributed by atoms with van der Waals surface area (Å²) < 4.78 is 40.9. The fourth-order valence-electron chi connectivity index (χ4n) is 2.84. The van der Waals surface area contributed by atoms with E-state index in [9.17, 15) is 13.2 Å². The van der Waals surface area contributed by atoms with Gasteiger partial charge in [-0.15, -0.1) is 0 Å². The van der Waals surface area contributed by atoms with E-state index in [1.807, 2.05) is 18.2 Å². The molecule has 162 valence electrons. The van der Waals surface area contributed by atoms with Crippen molar-refractivity contribution in [3.63, 3.8) is 0 Å². The first-order chi connectivity index (χ1) is 14.6. The zero-order chi connectivity index (χ0) is 22.6. The summed E-state index contributed by atoms with van der Waals surface area (Å²) in [5, 5.41) is 3.49. The minimum absolute atomic E-state index is 0.00953. The highest BCUT2D eigenvalue weighted by Gasteiger charge is 2.35. The Morgan fingerprint density at radius 3 is 2.23 bits per heavy atom. The van der Waals surface area contributed by atoms with Gasteiger partial charge in [0, 0.05) is 17.8 Å². The lowest BCUT2D eigenvalue weighted by Crippen LogP contribution is -2.11. The predicted molar refractivity (Wildman–Crippen MR) is 122 cm³/mol. The van der Waals surface area contributed by atoms with Gasteiger partial charge in [-0.2, -0.15) is 13.2 Å². The Labute approximate surface area is 197 Å². The topological polar surface area (TPSA) is 24.9 Å². The highest BCUT2D eigenvalue weighted by atomic mass is 35.5. The number of halogens is 7. The minimum atomic E-state index is -4.60. The molecular formula is C22H15Cl4F3N2. The average molecular weight is 506 g/mol. The second-order valence-corrected chi connectivity index (χ2v) is 8.17. The number of nitrogens with one attached hydrogen (secondary N) is 1. The van der Waals surface area contributed by atoms with Crippen molar-refractivity contribution in [2.75, 3.05) is 5.32 Å². The van der Waals surface area contributed by atoms with Crippen LogP contribution in [0.25, 0.3) is 5.57 Å². The van der Waals surface area contributed by atoms with E-state index in [0.717, 1.165) is 23.8 Å². The molecule has 1 heterocycles. The molecule has 31 heavy (non-hydrogen) atoms. The van der Waals surface area contributed by atoms with Crippen molar-refractivity contribution in [2.45, 2.75) is 19.1 Å². The lowest BCUT2D eigenvalue weighted by atomic mass is 10.0. The molecule has 2 aromatic carbocycles. The molecule has 0 spiro atoms. The standard InChI is InChI=1S/C22H15Cl4F3N2/c23-17-9-13(4-6-14(17)12-31-20-3-1-2-8-30-20)5-7-16(22(27,28)29)15-10-18(24)21(26)19(25)11-15/h1-4,6-11H,5,12H2,(H,30,31). The summed E-state index contributed by atoms with van der Waals surface area (Å²) in [4.78, 5) is 4.16. The van der Waals surface area contributed by atoms with E-state index < -0.39 is 11.7 Å². The molecule has 0 saturated heterocycles. The van der Waals surface area contributed by atoms with Crippen molar-refractivity contribution in [3.8, 4) is 0 Å². The van der Waals surface area contributed by atoms with Crippen molar-refractivity contribution in [1.82, 2.24) is 4.98 Å². The SMILES string of the molecule is FC(F)(F)C(=CCc1ccc(CNc2ccccn2)c(Cl)c1)c1cc(Cl)c(Cl)c(Cl)c1. The fraction of sp³-hybridized carbons (Fsp3) is 0.136. The number of nitrogens with zero attached hydrogens (tertiary/aromatic N) is 1. The number of alkyl halides is 3. The van der Waals surface area contributed by atoms with Crippen molar-refractivity contribution < 1.29 is 13.2 Å². The van der Waals surface area contributed by atoms with Gasteiger partial charge >= 0.3 is 6.18 Å². The molecule has 0 radical (unpaired) electrons. The van der Waals surface area contributed by atoms with Crippen LogP contribution in [0.5, 0.6) is 0 Å². The van der Waals surface area contributed by atoms with Gasteiger partial charge in [-0.25, -0.2) is 4.98 Å². The monoisotopic (exact) mass is 504 g/mol. The van der Waals surface area contributed by atoms with E-state index in [4.69, 9.17) is 46.4 Å². The van der Waals surface area contributed by atoms with E-state index in [1.54, 1.807) is 24.4 Å². The van der Waals surface area contributed by atoms with Crippen LogP contribution in [0.3, 0.4) is 0 Å². The number of aromatic nitrogens is 1. The van der Waals surface area contributed by atoms with Crippen LogP contribution >= 0.6 is 46.4 Å². The molecular weight excluding hydrogens is 491 g/mol. The van der Waals surface area contributed by atoms with Crippen LogP contribution in [-0.4, -0.2) is 11.2 Å². The van der Waals surface area contributed by atoms with E-state index in [2.05, 4.69) is 10.3 Å². The van der Waals surface area contributed by atoms with Gasteiger partial charge in [0.05, 0.1) is 20.6 Å². The normalized spacial score (nSPS) is 12.2. The quantitative estimate of drug-likeness (QED) is 0.339. The highest BCUT2D eigenvalue weighted by Crippen LogP contribution is 2.39. The summed E-state index contributed by atoms with van der Waals surface area (Å²) >= 11 is 24.0. The number of benzene rings is 2. The summed E-state index contributed by atoms with van der Waals surface area (Å²) in [5.74, 6) is 0.695. The van der Waals surface area contributed by atoms with Crippen LogP contribution < -0.4 is 5.32 Å². The van der Waals surface area contributed by atoms with Crippen molar-refractivity contribution in [2.24, 2.45) is 0 Å². The van der Waals surface area contributed by atoms with Crippen molar-refractivity contribution >= 4 is 57.8 Å². The van der Waals surface area contributed by atoms with Gasteiger partial charge in [-0.05, 0) is 53.4 Å². The maximum Gasteiger partial charge on any atom is 0.416 e. The Bertz CT molecular complexity index is 1080. The smallest absolute Gasteiger partial charge is 0.366 e. The third-order valence-electron chi connectivity index (χ3n) is 4.38. The number of anilines is 1. The van der Waals surface area contributed by atoms with Gasteiger partial charge in [0.2, 0.25) is 0 Å². The van der Waals surface area contributed by atoms with Crippen LogP contribution in [0.2, 0.25) is 20.1 Å². The van der Waals surface area contributed by atoms with Crippen LogP contribution in [0.4, 0.5) is 19.0 Å². The highest BCUT2D eigenvalue weighted by molar-refractivity contribution is 6.48. The maximum absolute atomic E-state index is 13.6. The van der Waals surface area contributed by atoms with Gasteiger partial charge in [0.25, 0.3) is 0 Å². The molecule has 0 amide bonds. The first kappa shape index (κ1) is 23.7. The summed E-state index contributed by atoms with van der Waals surface area (Å²) in [6, 6.07) is 12.9. The fourth-order valence-corrected chi connectivity index (χ4v) is 3.71. The number of hydrogen-bond acceptors (Lipinski definition) is 2. The van der Waals surface area contributed by atoms with Crippen LogP contribution in [0.1, 0.15) is 16.7 Å². The molecule has 0 aliphatic carbocycles. The zero-order valence-corrected chi connectivity index (χ0v) is 18.8. The molecule has 9 heteroatoms. The first-order valence-corrected chi connectivity index (χ1v) is 10.5. The van der Waals surface area contributed by atoms with Crippen molar-refractivity contribution in [1.29, 1.82) is 0 Å². The molecule has 3 rings (SSSR count). The molecule has 0 saturated carbocycles. The maximum atomic E-state index is 13.6. The molecule has 3 aromatic rings. The molecule has 2 nitrogen and oxygen atoms in total. The number of pyridine rings is 1. The first-order valence-electron chi connectivity index (χ1n) is 8.99. The largest absolute Gasteiger partial charge is 0.416 e. The molecule has 0 aliphatic heterocycles. The Balaban J connectivity index is 1.80. The third-order valence-corrected chi connectivity index (χ3v) is 5.93. The lowest BCUT2D eigenvalue weighted by Gasteiger charge is -2.14. The summed E-state index contributed by atoms with van der Waals surface area (Å²) in [6.07, 6.45) is -1.84. The van der Waals surface area contributed by atoms with E-state index in [-0.39, 0.29) is 27.1 Å². The van der Waals surface area contributed by atoms with Gasteiger partial charge in [-0.3, -0.25) is 0 Å². The second kappa shape index (κ2) is 10.1. The van der Waals surface area contributed by atoms with Crippen LogP contribution in [0, 0.1) is 0 Å². The molecule has 0 unspecified atom stereocenters. The Kier molecular flexibility index (Phi) is 7.76. The summed E-state index contributed by atoms with van der Waals surface area (Å²) in [6.45, 7) is 0.432. The summed E-state index contributed by atoms with van der Waals surface area (Å²) in [5.41, 5.74) is 0.408. The lowest BCUT2D eigenvalue weighted by molar-refractivity contribution is -0.0690. The van der Waals surface area contributed by atoms with Gasteiger partial charge in [-0.1, -0.05) is 70.7 Å². The van der Waals surface area contributed by atoms with E-state index in [0.29, 0.717) is 22.9 Å².